The largest absolute Gasteiger partial charge is 0.310 e. The monoisotopic (exact) mass is 235 g/mol. The first-order valence-electron chi connectivity index (χ1n) is 6.91. The quantitative estimate of drug-likeness (QED) is 0.869. The van der Waals surface area contributed by atoms with E-state index in [1.165, 1.54) is 31.2 Å². The first-order valence-corrected chi connectivity index (χ1v) is 6.91. The maximum absolute atomic E-state index is 4.52. The Bertz CT molecular complexity index is 335. The summed E-state index contributed by atoms with van der Waals surface area (Å²) in [7, 11) is 0. The van der Waals surface area contributed by atoms with Crippen molar-refractivity contribution in [3.05, 3.63) is 18.0 Å². The fourth-order valence-electron chi connectivity index (χ4n) is 2.50. The second-order valence-corrected chi connectivity index (χ2v) is 5.78. The summed E-state index contributed by atoms with van der Waals surface area (Å²) < 4.78 is 2.18. The predicted molar refractivity (Wildman–Crippen MR) is 70.9 cm³/mol. The van der Waals surface area contributed by atoms with Gasteiger partial charge in [0.05, 0.1) is 12.2 Å². The summed E-state index contributed by atoms with van der Waals surface area (Å²) in [6, 6.07) is 1.17. The van der Waals surface area contributed by atoms with Gasteiger partial charge in [0.15, 0.2) is 0 Å². The average Bonchev–Trinajstić information content (AvgIpc) is 2.76. The highest BCUT2D eigenvalue weighted by Crippen LogP contribution is 2.31. The van der Waals surface area contributed by atoms with Gasteiger partial charge in [-0.3, -0.25) is 4.68 Å². The third-order valence-corrected chi connectivity index (χ3v) is 3.73. The first-order chi connectivity index (χ1) is 8.15. The van der Waals surface area contributed by atoms with Crippen molar-refractivity contribution < 1.29 is 0 Å². The number of hydrogen-bond acceptors (Lipinski definition) is 2. The molecule has 1 aromatic heterocycles. The molecule has 0 atom stereocenters. The average molecular weight is 235 g/mol. The lowest BCUT2D eigenvalue weighted by Gasteiger charge is -2.26. The summed E-state index contributed by atoms with van der Waals surface area (Å²) in [6.07, 6.45) is 9.51. The number of nitrogens with zero attached hydrogens (tertiary/aromatic N) is 2. The molecule has 2 rings (SSSR count). The molecule has 1 fully saturated rings. The van der Waals surface area contributed by atoms with Crippen LogP contribution in [0.4, 0.5) is 0 Å². The smallest absolute Gasteiger partial charge is 0.0534 e. The lowest BCUT2D eigenvalue weighted by atomic mass is 9.87. The van der Waals surface area contributed by atoms with Gasteiger partial charge in [0, 0.05) is 24.3 Å². The third-order valence-electron chi connectivity index (χ3n) is 3.73. The van der Waals surface area contributed by atoms with E-state index in [2.05, 4.69) is 42.1 Å². The SMILES string of the molecule is CC1CCC(n2cc(CNC(C)C)cn2)CC1. The minimum Gasteiger partial charge on any atom is -0.310 e. The Morgan fingerprint density at radius 1 is 1.35 bits per heavy atom. The fourth-order valence-corrected chi connectivity index (χ4v) is 2.50. The summed E-state index contributed by atoms with van der Waals surface area (Å²) in [4.78, 5) is 0. The van der Waals surface area contributed by atoms with Crippen LogP contribution in [0.15, 0.2) is 12.4 Å². The van der Waals surface area contributed by atoms with Crippen LogP contribution in [-0.2, 0) is 6.54 Å². The zero-order chi connectivity index (χ0) is 12.3. The summed E-state index contributed by atoms with van der Waals surface area (Å²) in [5.74, 6) is 0.906. The van der Waals surface area contributed by atoms with E-state index in [0.717, 1.165) is 12.5 Å². The fraction of sp³-hybridized carbons (Fsp3) is 0.786. The van der Waals surface area contributed by atoms with Gasteiger partial charge >= 0.3 is 0 Å². The van der Waals surface area contributed by atoms with Gasteiger partial charge in [0.25, 0.3) is 0 Å². The number of aromatic nitrogens is 2. The normalized spacial score (nSPS) is 25.4. The van der Waals surface area contributed by atoms with Gasteiger partial charge < -0.3 is 5.32 Å². The lowest BCUT2D eigenvalue weighted by molar-refractivity contribution is 0.274. The Balaban J connectivity index is 1.89. The predicted octanol–water partition coefficient (Wildman–Crippen LogP) is 3.13. The van der Waals surface area contributed by atoms with Crippen molar-refractivity contribution in [3.8, 4) is 0 Å². The number of hydrogen-bond donors (Lipinski definition) is 1. The van der Waals surface area contributed by atoms with Crippen LogP contribution in [0.3, 0.4) is 0 Å². The standard InChI is InChI=1S/C14H25N3/c1-11(2)15-8-13-9-16-17(10-13)14-6-4-12(3)5-7-14/h9-12,14-15H,4-8H2,1-3H3. The molecule has 0 aromatic carbocycles. The van der Waals surface area contributed by atoms with Gasteiger partial charge in [0.2, 0.25) is 0 Å². The second kappa shape index (κ2) is 5.67. The van der Waals surface area contributed by atoms with Crippen LogP contribution in [0.5, 0.6) is 0 Å². The molecule has 3 nitrogen and oxygen atoms in total. The molecule has 17 heavy (non-hydrogen) atoms. The van der Waals surface area contributed by atoms with Crippen molar-refractivity contribution >= 4 is 0 Å². The minimum atomic E-state index is 0.536. The summed E-state index contributed by atoms with van der Waals surface area (Å²) in [5.41, 5.74) is 1.30. The summed E-state index contributed by atoms with van der Waals surface area (Å²) >= 11 is 0. The van der Waals surface area contributed by atoms with Crippen molar-refractivity contribution in [1.82, 2.24) is 15.1 Å². The Hall–Kier alpha value is -0.830. The van der Waals surface area contributed by atoms with E-state index in [1.807, 2.05) is 6.20 Å². The van der Waals surface area contributed by atoms with E-state index < -0.39 is 0 Å². The highest BCUT2D eigenvalue weighted by molar-refractivity contribution is 5.04. The zero-order valence-electron chi connectivity index (χ0n) is 11.3. The van der Waals surface area contributed by atoms with Crippen LogP contribution in [-0.4, -0.2) is 15.8 Å². The molecule has 3 heteroatoms. The van der Waals surface area contributed by atoms with E-state index in [9.17, 15) is 0 Å². The molecule has 0 amide bonds. The molecular weight excluding hydrogens is 210 g/mol. The Kier molecular flexibility index (Phi) is 4.21. The van der Waals surface area contributed by atoms with E-state index >= 15 is 0 Å². The van der Waals surface area contributed by atoms with E-state index in [1.54, 1.807) is 0 Å². The van der Waals surface area contributed by atoms with Crippen LogP contribution < -0.4 is 5.32 Å². The molecule has 1 saturated carbocycles. The first kappa shape index (κ1) is 12.6. The lowest BCUT2D eigenvalue weighted by Crippen LogP contribution is -2.21. The topological polar surface area (TPSA) is 29.9 Å². The Labute approximate surface area is 105 Å². The third kappa shape index (κ3) is 3.56. The van der Waals surface area contributed by atoms with Crippen LogP contribution in [0.25, 0.3) is 0 Å². The summed E-state index contributed by atoms with van der Waals surface area (Å²) in [6.45, 7) is 7.64. The molecule has 0 saturated heterocycles. The molecule has 1 N–H and O–H groups in total. The van der Waals surface area contributed by atoms with Gasteiger partial charge in [-0.15, -0.1) is 0 Å². The molecule has 0 bridgehead atoms. The molecule has 0 radical (unpaired) electrons. The van der Waals surface area contributed by atoms with Crippen molar-refractivity contribution in [2.45, 2.75) is 65.1 Å². The number of rotatable bonds is 4. The van der Waals surface area contributed by atoms with E-state index in [0.29, 0.717) is 12.1 Å². The zero-order valence-corrected chi connectivity index (χ0v) is 11.3. The van der Waals surface area contributed by atoms with Crippen molar-refractivity contribution in [2.75, 3.05) is 0 Å². The molecule has 1 aliphatic carbocycles. The van der Waals surface area contributed by atoms with Gasteiger partial charge in [-0.05, 0) is 31.6 Å². The molecule has 0 aliphatic heterocycles. The van der Waals surface area contributed by atoms with Crippen molar-refractivity contribution in [3.63, 3.8) is 0 Å². The molecule has 0 spiro atoms. The maximum Gasteiger partial charge on any atom is 0.0534 e. The highest BCUT2D eigenvalue weighted by atomic mass is 15.3. The molecule has 96 valence electrons. The van der Waals surface area contributed by atoms with Gasteiger partial charge in [-0.1, -0.05) is 20.8 Å². The highest BCUT2D eigenvalue weighted by Gasteiger charge is 2.20. The number of nitrogens with one attached hydrogen (secondary N) is 1. The van der Waals surface area contributed by atoms with Gasteiger partial charge in [0.1, 0.15) is 0 Å². The molecule has 1 aliphatic rings. The Morgan fingerprint density at radius 2 is 2.06 bits per heavy atom. The van der Waals surface area contributed by atoms with E-state index in [4.69, 9.17) is 0 Å². The van der Waals surface area contributed by atoms with Crippen LogP contribution in [0, 0.1) is 5.92 Å². The minimum absolute atomic E-state index is 0.536. The van der Waals surface area contributed by atoms with Crippen LogP contribution in [0.1, 0.15) is 58.1 Å². The van der Waals surface area contributed by atoms with Crippen LogP contribution >= 0.6 is 0 Å². The van der Waals surface area contributed by atoms with Gasteiger partial charge in [-0.2, -0.15) is 5.10 Å². The molecule has 0 unspecified atom stereocenters. The maximum atomic E-state index is 4.52. The molecular formula is C14H25N3. The molecule has 1 aromatic rings. The van der Waals surface area contributed by atoms with Gasteiger partial charge in [-0.25, -0.2) is 0 Å². The second-order valence-electron chi connectivity index (χ2n) is 5.78. The Morgan fingerprint density at radius 3 is 2.71 bits per heavy atom. The summed E-state index contributed by atoms with van der Waals surface area (Å²) in [5, 5.41) is 7.95. The van der Waals surface area contributed by atoms with Crippen molar-refractivity contribution in [1.29, 1.82) is 0 Å². The van der Waals surface area contributed by atoms with E-state index in [-0.39, 0.29) is 0 Å². The van der Waals surface area contributed by atoms with Crippen molar-refractivity contribution in [2.24, 2.45) is 5.92 Å². The molecule has 1 heterocycles. The van der Waals surface area contributed by atoms with Crippen LogP contribution in [0.2, 0.25) is 0 Å².